The Balaban J connectivity index is 0.000000143. The number of fused-ring (bicyclic) bond motifs is 2. The molecular weight excluding hydrogens is 805 g/mol. The summed E-state index contributed by atoms with van der Waals surface area (Å²) in [5, 5.41) is 35.7. The van der Waals surface area contributed by atoms with Crippen molar-refractivity contribution in [1.82, 2.24) is 69.2 Å². The van der Waals surface area contributed by atoms with E-state index in [-0.39, 0.29) is 10.8 Å². The first-order valence-electron chi connectivity index (χ1n) is 21.0. The molecule has 6 heterocycles. The van der Waals surface area contributed by atoms with Gasteiger partial charge in [0.15, 0.2) is 11.6 Å². The topological polar surface area (TPSA) is 166 Å². The maximum absolute atomic E-state index is 5.31. The average Bonchev–Trinajstić information content (AvgIpc) is 4.06. The molecule has 0 unspecified atom stereocenters. The molecule has 2 aliphatic rings. The van der Waals surface area contributed by atoms with Crippen LogP contribution in [0.5, 0.6) is 11.5 Å². The van der Waals surface area contributed by atoms with Crippen molar-refractivity contribution in [2.45, 2.75) is 36.5 Å². The quantitative estimate of drug-likeness (QED) is 0.135. The van der Waals surface area contributed by atoms with Crippen LogP contribution < -0.4 is 9.47 Å². The van der Waals surface area contributed by atoms with E-state index < -0.39 is 0 Å². The van der Waals surface area contributed by atoms with Gasteiger partial charge >= 0.3 is 0 Å². The number of rotatable bonds is 10. The Bertz CT molecular complexity index is 3300. The van der Waals surface area contributed by atoms with Crippen LogP contribution in [-0.4, -0.2) is 83.4 Å². The molecular formula is C48H42N14O2. The van der Waals surface area contributed by atoms with Gasteiger partial charge in [0.1, 0.15) is 17.2 Å². The molecule has 12 rings (SSSR count). The Labute approximate surface area is 367 Å². The molecule has 316 valence electrons. The Hall–Kier alpha value is -8.14. The average molecular weight is 847 g/mol. The molecule has 16 nitrogen and oxygen atoms in total. The Morgan fingerprint density at radius 2 is 0.984 bits per heavy atom. The van der Waals surface area contributed by atoms with Crippen LogP contribution in [0.15, 0.2) is 134 Å². The number of aromatic nitrogens is 14. The summed E-state index contributed by atoms with van der Waals surface area (Å²) in [6.07, 6.45) is 15.3. The third kappa shape index (κ3) is 6.88. The van der Waals surface area contributed by atoms with Crippen molar-refractivity contribution in [3.63, 3.8) is 0 Å². The monoisotopic (exact) mass is 846 g/mol. The molecule has 0 aliphatic heterocycles. The summed E-state index contributed by atoms with van der Waals surface area (Å²) in [4.78, 5) is 9.29. The van der Waals surface area contributed by atoms with E-state index in [9.17, 15) is 0 Å². The summed E-state index contributed by atoms with van der Waals surface area (Å²) in [6, 6.07) is 32.8. The van der Waals surface area contributed by atoms with E-state index in [1.807, 2.05) is 87.4 Å². The lowest BCUT2D eigenvalue weighted by atomic mass is 9.95. The van der Waals surface area contributed by atoms with Gasteiger partial charge in [-0.15, -0.1) is 20.4 Å². The summed E-state index contributed by atoms with van der Waals surface area (Å²) >= 11 is 0. The minimum absolute atomic E-state index is 0.165. The predicted molar refractivity (Wildman–Crippen MR) is 238 cm³/mol. The molecule has 10 aromatic rings. The van der Waals surface area contributed by atoms with Crippen molar-refractivity contribution in [2.24, 2.45) is 14.1 Å². The fourth-order valence-corrected chi connectivity index (χ4v) is 8.47. The van der Waals surface area contributed by atoms with Gasteiger partial charge in [-0.1, -0.05) is 60.7 Å². The van der Waals surface area contributed by atoms with E-state index in [4.69, 9.17) is 19.6 Å². The molecule has 0 N–H and O–H groups in total. The highest BCUT2D eigenvalue weighted by Crippen LogP contribution is 2.54. The minimum atomic E-state index is -0.184. The van der Waals surface area contributed by atoms with Gasteiger partial charge in [-0.2, -0.15) is 29.4 Å². The van der Waals surface area contributed by atoms with E-state index in [1.54, 1.807) is 45.0 Å². The Morgan fingerprint density at radius 3 is 1.48 bits per heavy atom. The highest BCUT2D eigenvalue weighted by atomic mass is 16.5. The summed E-state index contributed by atoms with van der Waals surface area (Å²) in [5.74, 6) is 4.35. The van der Waals surface area contributed by atoms with Crippen LogP contribution in [-0.2, 0) is 24.9 Å². The van der Waals surface area contributed by atoms with E-state index >= 15 is 0 Å². The van der Waals surface area contributed by atoms with Crippen LogP contribution in [0.25, 0.3) is 56.3 Å². The van der Waals surface area contributed by atoms with Gasteiger partial charge in [0.25, 0.3) is 11.6 Å². The molecule has 6 aromatic heterocycles. The number of ether oxygens (including phenoxy) is 2. The fourth-order valence-electron chi connectivity index (χ4n) is 8.47. The maximum Gasteiger partial charge on any atom is 0.272 e. The lowest BCUT2D eigenvalue weighted by Gasteiger charge is -2.14. The highest BCUT2D eigenvalue weighted by molar-refractivity contribution is 5.72. The zero-order valence-electron chi connectivity index (χ0n) is 35.6. The number of nitrogens with zero attached hydrogens (tertiary/aromatic N) is 14. The van der Waals surface area contributed by atoms with Crippen molar-refractivity contribution in [2.75, 3.05) is 14.2 Å². The second-order valence-electron chi connectivity index (χ2n) is 16.3. The van der Waals surface area contributed by atoms with Crippen LogP contribution in [0.2, 0.25) is 0 Å². The third-order valence-electron chi connectivity index (χ3n) is 12.3. The minimum Gasteiger partial charge on any atom is -0.497 e. The van der Waals surface area contributed by atoms with E-state index in [0.29, 0.717) is 11.6 Å². The molecule has 16 heteroatoms. The van der Waals surface area contributed by atoms with Crippen LogP contribution in [0, 0.1) is 0 Å². The van der Waals surface area contributed by atoms with Gasteiger partial charge in [-0.3, -0.25) is 9.36 Å². The fraction of sp³-hybridized carbons (Fsp3) is 0.208. The van der Waals surface area contributed by atoms with Gasteiger partial charge in [0.05, 0.1) is 55.5 Å². The second kappa shape index (κ2) is 15.3. The second-order valence-corrected chi connectivity index (χ2v) is 16.3. The molecule has 0 bridgehead atoms. The third-order valence-corrected chi connectivity index (χ3v) is 12.3. The molecule has 0 spiro atoms. The smallest absolute Gasteiger partial charge is 0.272 e. The molecule has 4 aromatic carbocycles. The number of benzene rings is 4. The summed E-state index contributed by atoms with van der Waals surface area (Å²) in [6.45, 7) is 0. The first-order valence-corrected chi connectivity index (χ1v) is 21.0. The molecule has 2 saturated carbocycles. The van der Waals surface area contributed by atoms with Crippen molar-refractivity contribution < 1.29 is 9.47 Å². The lowest BCUT2D eigenvalue weighted by Crippen LogP contribution is -2.15. The highest BCUT2D eigenvalue weighted by Gasteiger charge is 2.51. The Kier molecular flexibility index (Phi) is 9.29. The van der Waals surface area contributed by atoms with Gasteiger partial charge in [-0.25, -0.2) is 9.97 Å². The van der Waals surface area contributed by atoms with Gasteiger partial charge in [0, 0.05) is 48.7 Å². The SMILES string of the molecule is COc1ccc(C2(c3nnc4nc(-c5cccc(-c6cnn(C)c6)c5)cnn34)CC2)cc1.COc1ccc(C2(c3nnc4ncc(-c5cccc(-c6cnn(C)c6)c5)nn34)CC2)cc1. The number of methoxy groups -OCH3 is 2. The van der Waals surface area contributed by atoms with Gasteiger partial charge in [0.2, 0.25) is 0 Å². The van der Waals surface area contributed by atoms with Gasteiger partial charge < -0.3 is 9.47 Å². The van der Waals surface area contributed by atoms with E-state index in [2.05, 4.69) is 89.2 Å². The summed E-state index contributed by atoms with van der Waals surface area (Å²) in [7, 11) is 7.17. The molecule has 2 fully saturated rings. The summed E-state index contributed by atoms with van der Waals surface area (Å²) < 4.78 is 17.8. The number of aryl methyl sites for hydroxylation is 2. The van der Waals surface area contributed by atoms with Crippen LogP contribution in [0.4, 0.5) is 0 Å². The summed E-state index contributed by atoms with van der Waals surface area (Å²) in [5.41, 5.74) is 9.81. The maximum atomic E-state index is 5.31. The molecule has 2 aliphatic carbocycles. The van der Waals surface area contributed by atoms with Crippen LogP contribution >= 0.6 is 0 Å². The van der Waals surface area contributed by atoms with Crippen LogP contribution in [0.1, 0.15) is 48.5 Å². The predicted octanol–water partition coefficient (Wildman–Crippen LogP) is 7.35. The lowest BCUT2D eigenvalue weighted by molar-refractivity contribution is 0.414. The first-order chi connectivity index (χ1) is 31.3. The zero-order valence-corrected chi connectivity index (χ0v) is 35.6. The van der Waals surface area contributed by atoms with Gasteiger partial charge in [-0.05, 0) is 84.3 Å². The van der Waals surface area contributed by atoms with Crippen molar-refractivity contribution in [1.29, 1.82) is 0 Å². The van der Waals surface area contributed by atoms with E-state index in [0.717, 1.165) is 93.6 Å². The number of hydrogen-bond acceptors (Lipinski definition) is 12. The molecule has 0 radical (unpaired) electrons. The Morgan fingerprint density at radius 1 is 0.484 bits per heavy atom. The molecule has 0 amide bonds. The van der Waals surface area contributed by atoms with Crippen molar-refractivity contribution in [3.8, 4) is 56.3 Å². The normalized spacial score (nSPS) is 14.6. The first kappa shape index (κ1) is 38.8. The van der Waals surface area contributed by atoms with Crippen molar-refractivity contribution in [3.05, 3.63) is 157 Å². The molecule has 0 atom stereocenters. The van der Waals surface area contributed by atoms with Crippen molar-refractivity contribution >= 4 is 11.6 Å². The standard InChI is InChI=1S/2C24H21N7O/c1-30-15-18(13-26-30)16-4-3-5-17(12-16)21-14-25-23-28-27-22(31(23)29-21)24(10-11-24)19-6-8-20(32-2)9-7-19;1-30-15-18(13-25-30)16-4-3-5-17(12-16)21-14-26-31-22(28-29-23(31)27-21)24(10-11-24)19-6-8-20(32-2)9-7-19/h2*3-9,12-15H,10-11H2,1-2H3. The van der Waals surface area contributed by atoms with Crippen LogP contribution in [0.3, 0.4) is 0 Å². The number of hydrogen-bond donors (Lipinski definition) is 0. The molecule has 0 saturated heterocycles. The largest absolute Gasteiger partial charge is 0.497 e. The molecule has 64 heavy (non-hydrogen) atoms. The van der Waals surface area contributed by atoms with E-state index in [1.165, 1.54) is 11.1 Å². The zero-order chi connectivity index (χ0) is 43.4.